The first-order valence-corrected chi connectivity index (χ1v) is 11.6. The zero-order chi connectivity index (χ0) is 17.0. The van der Waals surface area contributed by atoms with Crippen molar-refractivity contribution >= 4 is 14.9 Å². The van der Waals surface area contributed by atoms with E-state index in [1.165, 1.54) is 27.8 Å². The molecule has 0 N–H and O–H groups in total. The SMILES string of the molecule is C[Si](C)C1C(C2c3ccccc3-c3ccccc32)=Cc2ccccc21. The van der Waals surface area contributed by atoms with Gasteiger partial charge >= 0.3 is 0 Å². The third-order valence-corrected chi connectivity index (χ3v) is 7.51. The third kappa shape index (κ3) is 2.12. The average Bonchev–Trinajstić information content (AvgIpc) is 3.17. The fraction of sp³-hybridized carbons (Fsp3) is 0.167. The number of fused-ring (bicyclic) bond motifs is 4. The van der Waals surface area contributed by atoms with Crippen molar-refractivity contribution in [2.75, 3.05) is 0 Å². The molecule has 5 rings (SSSR count). The summed E-state index contributed by atoms with van der Waals surface area (Å²) in [5.74, 6) is 0.407. The van der Waals surface area contributed by atoms with Gasteiger partial charge in [-0.05, 0) is 38.9 Å². The van der Waals surface area contributed by atoms with Gasteiger partial charge in [0.05, 0.1) is 8.80 Å². The molecule has 0 aromatic heterocycles. The van der Waals surface area contributed by atoms with Crippen LogP contribution in [0.4, 0.5) is 0 Å². The van der Waals surface area contributed by atoms with Crippen molar-refractivity contribution in [3.63, 3.8) is 0 Å². The van der Waals surface area contributed by atoms with Crippen LogP contribution in [0.25, 0.3) is 17.2 Å². The molecule has 2 aliphatic rings. The molecule has 0 amide bonds. The summed E-state index contributed by atoms with van der Waals surface area (Å²) >= 11 is 0. The van der Waals surface area contributed by atoms with Crippen LogP contribution in [0.3, 0.4) is 0 Å². The van der Waals surface area contributed by atoms with E-state index in [-0.39, 0.29) is 0 Å². The summed E-state index contributed by atoms with van der Waals surface area (Å²) in [6.07, 6.45) is 2.49. The molecule has 0 heterocycles. The lowest BCUT2D eigenvalue weighted by atomic mass is 9.87. The Labute approximate surface area is 151 Å². The quantitative estimate of drug-likeness (QED) is 0.483. The lowest BCUT2D eigenvalue weighted by molar-refractivity contribution is 0.913. The van der Waals surface area contributed by atoms with Crippen LogP contribution in [-0.2, 0) is 0 Å². The van der Waals surface area contributed by atoms with Gasteiger partial charge in [-0.15, -0.1) is 0 Å². The first-order valence-electron chi connectivity index (χ1n) is 9.04. The summed E-state index contributed by atoms with van der Waals surface area (Å²) < 4.78 is 0. The highest BCUT2D eigenvalue weighted by molar-refractivity contribution is 6.59. The van der Waals surface area contributed by atoms with Gasteiger partial charge in [-0.25, -0.2) is 0 Å². The summed E-state index contributed by atoms with van der Waals surface area (Å²) in [5.41, 5.74) is 11.0. The Hall–Kier alpha value is -2.38. The molecule has 0 saturated heterocycles. The maximum atomic E-state index is 2.49. The summed E-state index contributed by atoms with van der Waals surface area (Å²) in [5, 5.41) is 0. The van der Waals surface area contributed by atoms with Crippen molar-refractivity contribution in [3.8, 4) is 11.1 Å². The Bertz CT molecular complexity index is 951. The van der Waals surface area contributed by atoms with Gasteiger partial charge in [0.25, 0.3) is 0 Å². The van der Waals surface area contributed by atoms with E-state index in [1.54, 1.807) is 11.1 Å². The molecule has 1 radical (unpaired) electrons. The van der Waals surface area contributed by atoms with Gasteiger partial charge in [-0.2, -0.15) is 0 Å². The van der Waals surface area contributed by atoms with E-state index >= 15 is 0 Å². The third-order valence-electron chi connectivity index (χ3n) is 5.71. The standard InChI is InChI=1S/C24H21Si/c1-25(2)24-17-10-4-3-9-16(17)15-22(24)23-20-13-7-5-11-18(20)19-12-6-8-14-21(19)23/h3-15,23-24H,1-2H3. The fourth-order valence-electron chi connectivity index (χ4n) is 4.76. The van der Waals surface area contributed by atoms with Crippen LogP contribution in [0.1, 0.15) is 33.7 Å². The van der Waals surface area contributed by atoms with Gasteiger partial charge < -0.3 is 0 Å². The Morgan fingerprint density at radius 3 is 1.76 bits per heavy atom. The molecule has 3 aromatic carbocycles. The zero-order valence-corrected chi connectivity index (χ0v) is 15.7. The van der Waals surface area contributed by atoms with Gasteiger partial charge in [0.1, 0.15) is 0 Å². The van der Waals surface area contributed by atoms with E-state index in [1.807, 2.05) is 0 Å². The van der Waals surface area contributed by atoms with Gasteiger partial charge in [0, 0.05) is 5.92 Å². The molecular weight excluding hydrogens is 316 g/mol. The van der Waals surface area contributed by atoms with Crippen molar-refractivity contribution in [3.05, 3.63) is 101 Å². The van der Waals surface area contributed by atoms with E-state index in [0.29, 0.717) is 11.5 Å². The lowest BCUT2D eigenvalue weighted by Gasteiger charge is -2.25. The predicted octanol–water partition coefficient (Wildman–Crippen LogP) is 6.27. The van der Waals surface area contributed by atoms with Gasteiger partial charge in [-0.3, -0.25) is 0 Å². The summed E-state index contributed by atoms with van der Waals surface area (Å²) in [6.45, 7) is 4.91. The number of rotatable bonds is 2. The Morgan fingerprint density at radius 2 is 1.16 bits per heavy atom. The first-order chi connectivity index (χ1) is 12.3. The number of benzene rings is 3. The van der Waals surface area contributed by atoms with Gasteiger partial charge in [-0.1, -0.05) is 97.5 Å². The maximum absolute atomic E-state index is 2.49. The summed E-state index contributed by atoms with van der Waals surface area (Å²) in [4.78, 5) is 0. The Morgan fingerprint density at radius 1 is 0.640 bits per heavy atom. The lowest BCUT2D eigenvalue weighted by Crippen LogP contribution is -2.19. The Balaban J connectivity index is 1.74. The predicted molar refractivity (Wildman–Crippen MR) is 108 cm³/mol. The van der Waals surface area contributed by atoms with Crippen LogP contribution >= 0.6 is 0 Å². The number of allylic oxidation sites excluding steroid dienone is 1. The second-order valence-electron chi connectivity index (χ2n) is 7.39. The van der Waals surface area contributed by atoms with Gasteiger partial charge in [0.2, 0.25) is 0 Å². The molecule has 0 nitrogen and oxygen atoms in total. The maximum Gasteiger partial charge on any atom is 0.0552 e. The molecule has 0 saturated carbocycles. The van der Waals surface area contributed by atoms with Crippen molar-refractivity contribution in [2.45, 2.75) is 24.6 Å². The molecule has 3 aromatic rings. The molecule has 0 aliphatic heterocycles. The normalized spacial score (nSPS) is 18.0. The monoisotopic (exact) mass is 337 g/mol. The Kier molecular flexibility index (Phi) is 3.32. The van der Waals surface area contributed by atoms with Crippen LogP contribution in [0.5, 0.6) is 0 Å². The molecule has 1 unspecified atom stereocenters. The first kappa shape index (κ1) is 14.9. The molecule has 0 bridgehead atoms. The second-order valence-corrected chi connectivity index (χ2v) is 10.1. The summed E-state index contributed by atoms with van der Waals surface area (Å²) in [7, 11) is -0.481. The molecule has 0 fully saturated rings. The van der Waals surface area contributed by atoms with E-state index in [4.69, 9.17) is 0 Å². The van der Waals surface area contributed by atoms with E-state index < -0.39 is 8.80 Å². The van der Waals surface area contributed by atoms with Crippen molar-refractivity contribution in [2.24, 2.45) is 0 Å². The molecule has 121 valence electrons. The highest BCUT2D eigenvalue weighted by atomic mass is 28.3. The topological polar surface area (TPSA) is 0 Å². The number of hydrogen-bond donors (Lipinski definition) is 0. The zero-order valence-electron chi connectivity index (χ0n) is 14.7. The average molecular weight is 338 g/mol. The van der Waals surface area contributed by atoms with Crippen LogP contribution in [0.15, 0.2) is 78.4 Å². The van der Waals surface area contributed by atoms with E-state index in [9.17, 15) is 0 Å². The molecule has 2 aliphatic carbocycles. The van der Waals surface area contributed by atoms with Crippen molar-refractivity contribution < 1.29 is 0 Å². The summed E-state index contributed by atoms with van der Waals surface area (Å²) in [6, 6.07) is 27.0. The van der Waals surface area contributed by atoms with Crippen LogP contribution in [-0.4, -0.2) is 8.80 Å². The van der Waals surface area contributed by atoms with E-state index in [0.717, 1.165) is 0 Å². The molecule has 25 heavy (non-hydrogen) atoms. The van der Waals surface area contributed by atoms with Crippen LogP contribution in [0.2, 0.25) is 13.1 Å². The fourth-order valence-corrected chi connectivity index (χ4v) is 6.56. The molecular formula is C24H21Si. The molecule has 1 heteroatoms. The van der Waals surface area contributed by atoms with Gasteiger partial charge in [0.15, 0.2) is 0 Å². The minimum Gasteiger partial charge on any atom is -0.0705 e. The van der Waals surface area contributed by atoms with Crippen LogP contribution in [0, 0.1) is 0 Å². The molecule has 1 atom stereocenters. The second kappa shape index (κ2) is 5.57. The minimum absolute atomic E-state index is 0.407. The minimum atomic E-state index is -0.481. The largest absolute Gasteiger partial charge is 0.0705 e. The smallest absolute Gasteiger partial charge is 0.0552 e. The highest BCUT2D eigenvalue weighted by Gasteiger charge is 2.38. The van der Waals surface area contributed by atoms with E-state index in [2.05, 4.69) is 92.0 Å². The highest BCUT2D eigenvalue weighted by Crippen LogP contribution is 2.54. The van der Waals surface area contributed by atoms with Crippen molar-refractivity contribution in [1.82, 2.24) is 0 Å². The molecule has 0 spiro atoms. The van der Waals surface area contributed by atoms with Crippen molar-refractivity contribution in [1.29, 1.82) is 0 Å². The number of hydrogen-bond acceptors (Lipinski definition) is 0. The van der Waals surface area contributed by atoms with Crippen LogP contribution < -0.4 is 0 Å².